The van der Waals surface area contributed by atoms with Gasteiger partial charge in [-0.15, -0.1) is 0 Å². The van der Waals surface area contributed by atoms with Gasteiger partial charge in [0.2, 0.25) is 5.91 Å². The molecule has 6 nitrogen and oxygen atoms in total. The number of carbonyl (C=O) groups is 1. The van der Waals surface area contributed by atoms with Crippen LogP contribution in [-0.2, 0) is 25.9 Å². The van der Waals surface area contributed by atoms with E-state index in [0.717, 1.165) is 31.2 Å². The van der Waals surface area contributed by atoms with Gasteiger partial charge >= 0.3 is 0 Å². The lowest BCUT2D eigenvalue weighted by Crippen LogP contribution is -2.43. The number of rotatable bonds is 6. The van der Waals surface area contributed by atoms with Crippen molar-refractivity contribution in [2.75, 3.05) is 18.1 Å². The van der Waals surface area contributed by atoms with Crippen molar-refractivity contribution in [3.8, 4) is 0 Å². The first-order valence-corrected chi connectivity index (χ1v) is 10.4. The van der Waals surface area contributed by atoms with Crippen molar-refractivity contribution in [2.45, 2.75) is 50.8 Å². The normalized spacial score (nSPS) is 23.4. The van der Waals surface area contributed by atoms with E-state index in [4.69, 9.17) is 4.74 Å². The fourth-order valence-electron chi connectivity index (χ4n) is 3.46. The molecule has 2 aliphatic rings. The summed E-state index contributed by atoms with van der Waals surface area (Å²) in [6, 6.07) is 3.45. The summed E-state index contributed by atoms with van der Waals surface area (Å²) in [6.07, 6.45) is 8.37. The van der Waals surface area contributed by atoms with Gasteiger partial charge in [0.25, 0.3) is 0 Å². The minimum Gasteiger partial charge on any atom is -0.368 e. The van der Waals surface area contributed by atoms with Gasteiger partial charge in [-0.1, -0.05) is 18.9 Å². The molecular formula is C17H24N2O4S. The highest BCUT2D eigenvalue weighted by atomic mass is 32.2. The largest absolute Gasteiger partial charge is 0.368 e. The molecule has 0 radical (unpaired) electrons. The molecule has 0 spiro atoms. The maximum absolute atomic E-state index is 12.7. The van der Waals surface area contributed by atoms with Crippen molar-refractivity contribution >= 4 is 15.7 Å². The summed E-state index contributed by atoms with van der Waals surface area (Å²) in [5.41, 5.74) is 0.899. The molecule has 1 atom stereocenters. The predicted octanol–water partition coefficient (Wildman–Crippen LogP) is 1.56. The fourth-order valence-corrected chi connectivity index (χ4v) is 5.19. The smallest absolute Gasteiger partial charge is 0.249 e. The third kappa shape index (κ3) is 4.54. The fraction of sp³-hybridized carbons (Fsp3) is 0.647. The number of amides is 1. The Kier molecular flexibility index (Phi) is 5.50. The van der Waals surface area contributed by atoms with Crippen molar-refractivity contribution < 1.29 is 17.9 Å². The van der Waals surface area contributed by atoms with Gasteiger partial charge in [0.1, 0.15) is 6.61 Å². The number of hydrogen-bond acceptors (Lipinski definition) is 5. The van der Waals surface area contributed by atoms with Crippen LogP contribution in [0.15, 0.2) is 24.5 Å². The number of ether oxygens (including phenoxy) is 1. The van der Waals surface area contributed by atoms with Gasteiger partial charge in [0.15, 0.2) is 9.84 Å². The van der Waals surface area contributed by atoms with Crippen LogP contribution in [0.3, 0.4) is 0 Å². The summed E-state index contributed by atoms with van der Waals surface area (Å²) in [6.45, 7) is 0.405. The molecule has 1 aliphatic carbocycles. The second-order valence-corrected chi connectivity index (χ2v) is 8.89. The lowest BCUT2D eigenvalue weighted by molar-refractivity contribution is -0.140. The van der Waals surface area contributed by atoms with Crippen molar-refractivity contribution in [2.24, 2.45) is 0 Å². The van der Waals surface area contributed by atoms with E-state index in [0.29, 0.717) is 13.0 Å². The number of aromatic nitrogens is 1. The van der Waals surface area contributed by atoms with Crippen LogP contribution in [0.2, 0.25) is 0 Å². The lowest BCUT2D eigenvalue weighted by Gasteiger charge is -2.28. The highest BCUT2D eigenvalue weighted by Gasteiger charge is 2.35. The Morgan fingerprint density at radius 2 is 2.08 bits per heavy atom. The molecule has 1 aliphatic heterocycles. The van der Waals surface area contributed by atoms with E-state index in [-0.39, 0.29) is 36.2 Å². The summed E-state index contributed by atoms with van der Waals surface area (Å²) in [4.78, 5) is 18.4. The Bertz CT molecular complexity index is 656. The van der Waals surface area contributed by atoms with Gasteiger partial charge in [-0.05, 0) is 30.9 Å². The van der Waals surface area contributed by atoms with Crippen LogP contribution < -0.4 is 0 Å². The molecule has 0 bridgehead atoms. The molecule has 1 saturated heterocycles. The second kappa shape index (κ2) is 7.61. The van der Waals surface area contributed by atoms with Crippen LogP contribution in [0.1, 0.15) is 37.7 Å². The molecule has 2 fully saturated rings. The van der Waals surface area contributed by atoms with Crippen molar-refractivity contribution in [3.63, 3.8) is 0 Å². The quantitative estimate of drug-likeness (QED) is 0.776. The molecule has 1 aromatic rings. The standard InChI is InChI=1S/C17H24N2O4S/c20-17(12-23-16-5-1-2-6-16)19(11-14-4-3-8-18-10-14)15-7-9-24(21,22)13-15/h3-4,8,10,15-16H,1-2,5-7,9,11-13H2. The molecule has 1 aromatic heterocycles. The molecular weight excluding hydrogens is 328 g/mol. The van der Waals surface area contributed by atoms with E-state index in [1.807, 2.05) is 12.1 Å². The Morgan fingerprint density at radius 3 is 2.71 bits per heavy atom. The Morgan fingerprint density at radius 1 is 1.29 bits per heavy atom. The number of nitrogens with zero attached hydrogens (tertiary/aromatic N) is 2. The van der Waals surface area contributed by atoms with E-state index >= 15 is 0 Å². The van der Waals surface area contributed by atoms with Crippen LogP contribution in [-0.4, -0.2) is 54.5 Å². The average molecular weight is 352 g/mol. The molecule has 1 amide bonds. The Labute approximate surface area is 143 Å². The van der Waals surface area contributed by atoms with Gasteiger partial charge in [-0.3, -0.25) is 9.78 Å². The average Bonchev–Trinajstić information content (AvgIpc) is 3.20. The van der Waals surface area contributed by atoms with Gasteiger partial charge in [0.05, 0.1) is 17.6 Å². The zero-order valence-electron chi connectivity index (χ0n) is 13.8. The van der Waals surface area contributed by atoms with E-state index in [1.165, 1.54) is 0 Å². The molecule has 24 heavy (non-hydrogen) atoms. The molecule has 2 heterocycles. The van der Waals surface area contributed by atoms with Crippen LogP contribution in [0.4, 0.5) is 0 Å². The number of sulfone groups is 1. The van der Waals surface area contributed by atoms with E-state index in [9.17, 15) is 13.2 Å². The lowest BCUT2D eigenvalue weighted by atomic mass is 10.2. The minimum atomic E-state index is -3.05. The van der Waals surface area contributed by atoms with Crippen molar-refractivity contribution in [1.29, 1.82) is 0 Å². The van der Waals surface area contributed by atoms with Crippen molar-refractivity contribution in [3.05, 3.63) is 30.1 Å². The summed E-state index contributed by atoms with van der Waals surface area (Å²) < 4.78 is 29.4. The molecule has 132 valence electrons. The van der Waals surface area contributed by atoms with Crippen LogP contribution >= 0.6 is 0 Å². The van der Waals surface area contributed by atoms with Gasteiger partial charge in [0, 0.05) is 25.0 Å². The molecule has 1 unspecified atom stereocenters. The van der Waals surface area contributed by atoms with Gasteiger partial charge in [-0.25, -0.2) is 8.42 Å². The summed E-state index contributed by atoms with van der Waals surface area (Å²) in [5.74, 6) is 0.0632. The first kappa shape index (κ1) is 17.4. The van der Waals surface area contributed by atoms with E-state index < -0.39 is 9.84 Å². The topological polar surface area (TPSA) is 76.6 Å². The SMILES string of the molecule is O=C(COC1CCCC1)N(Cc1cccnc1)C1CCS(=O)(=O)C1. The summed E-state index contributed by atoms with van der Waals surface area (Å²) >= 11 is 0. The number of hydrogen-bond donors (Lipinski definition) is 0. The van der Waals surface area contributed by atoms with Gasteiger partial charge in [-0.2, -0.15) is 0 Å². The maximum Gasteiger partial charge on any atom is 0.249 e. The summed E-state index contributed by atoms with van der Waals surface area (Å²) in [7, 11) is -3.05. The zero-order chi connectivity index (χ0) is 17.0. The highest BCUT2D eigenvalue weighted by Crippen LogP contribution is 2.23. The molecule has 0 N–H and O–H groups in total. The first-order valence-electron chi connectivity index (χ1n) is 8.54. The highest BCUT2D eigenvalue weighted by molar-refractivity contribution is 7.91. The van der Waals surface area contributed by atoms with Crippen LogP contribution in [0.25, 0.3) is 0 Å². The first-order chi connectivity index (χ1) is 11.5. The van der Waals surface area contributed by atoms with Gasteiger partial charge < -0.3 is 9.64 Å². The Balaban J connectivity index is 1.67. The second-order valence-electron chi connectivity index (χ2n) is 6.66. The monoisotopic (exact) mass is 352 g/mol. The molecule has 0 aromatic carbocycles. The summed E-state index contributed by atoms with van der Waals surface area (Å²) in [5, 5.41) is 0. The molecule has 3 rings (SSSR count). The molecule has 1 saturated carbocycles. The third-order valence-electron chi connectivity index (χ3n) is 4.79. The van der Waals surface area contributed by atoms with Crippen LogP contribution in [0, 0.1) is 0 Å². The Hall–Kier alpha value is -1.47. The predicted molar refractivity (Wildman–Crippen MR) is 90.1 cm³/mol. The van der Waals surface area contributed by atoms with Crippen LogP contribution in [0.5, 0.6) is 0 Å². The number of carbonyl (C=O) groups excluding carboxylic acids is 1. The number of pyridine rings is 1. The molecule has 7 heteroatoms. The zero-order valence-corrected chi connectivity index (χ0v) is 14.6. The van der Waals surface area contributed by atoms with Crippen molar-refractivity contribution in [1.82, 2.24) is 9.88 Å². The third-order valence-corrected chi connectivity index (χ3v) is 6.54. The maximum atomic E-state index is 12.7. The van der Waals surface area contributed by atoms with E-state index in [2.05, 4.69) is 4.98 Å². The van der Waals surface area contributed by atoms with E-state index in [1.54, 1.807) is 17.3 Å². The minimum absolute atomic E-state index is 0.0292.